The Labute approximate surface area is 188 Å². The second kappa shape index (κ2) is 9.37. The molecular weight excluding hydrogens is 400 g/mol. The zero-order chi connectivity index (χ0) is 22.6. The first-order valence-electron chi connectivity index (χ1n) is 10.8. The average molecular weight is 429 g/mol. The molecule has 0 unspecified atom stereocenters. The van der Waals surface area contributed by atoms with E-state index in [0.717, 1.165) is 36.5 Å². The van der Waals surface area contributed by atoms with Gasteiger partial charge in [0.25, 0.3) is 5.56 Å². The molecule has 0 atom stereocenters. The molecule has 1 saturated heterocycles. The molecule has 1 fully saturated rings. The van der Waals surface area contributed by atoms with Crippen molar-refractivity contribution in [2.24, 2.45) is 5.41 Å². The second-order valence-electron chi connectivity index (χ2n) is 9.02. The third kappa shape index (κ3) is 5.63. The van der Waals surface area contributed by atoms with Crippen LogP contribution in [0.5, 0.6) is 5.75 Å². The fraction of sp³-hybridized carbons (Fsp3) is 0.346. The van der Waals surface area contributed by atoms with Gasteiger partial charge in [0.05, 0.1) is 13.1 Å². The van der Waals surface area contributed by atoms with Gasteiger partial charge < -0.3 is 9.30 Å². The highest BCUT2D eigenvalue weighted by Crippen LogP contribution is 2.27. The number of rotatable bonds is 6. The molecule has 0 amide bonds. The number of hydrogen-bond acceptors (Lipinski definition) is 5. The van der Waals surface area contributed by atoms with Crippen LogP contribution >= 0.6 is 0 Å². The van der Waals surface area contributed by atoms with Gasteiger partial charge in [0, 0.05) is 42.8 Å². The van der Waals surface area contributed by atoms with Crippen LogP contribution in [0.4, 0.5) is 0 Å². The first kappa shape index (κ1) is 21.8. The number of hydrogen-bond donors (Lipinski definition) is 0. The van der Waals surface area contributed by atoms with Gasteiger partial charge in [0.15, 0.2) is 5.82 Å². The molecule has 4 rings (SSSR count). The Morgan fingerprint density at radius 2 is 1.81 bits per heavy atom. The van der Waals surface area contributed by atoms with Gasteiger partial charge in [-0.25, -0.2) is 9.97 Å². The van der Waals surface area contributed by atoms with Gasteiger partial charge in [-0.15, -0.1) is 0 Å². The molecule has 2 aromatic heterocycles. The summed E-state index contributed by atoms with van der Waals surface area (Å²) in [6.45, 7) is 10.2. The molecule has 3 heterocycles. The Morgan fingerprint density at radius 3 is 2.47 bits per heavy atom. The van der Waals surface area contributed by atoms with Crippen molar-refractivity contribution in [3.63, 3.8) is 0 Å². The maximum absolute atomic E-state index is 12.7. The van der Waals surface area contributed by atoms with Crippen LogP contribution in [0.1, 0.15) is 36.5 Å². The minimum Gasteiger partial charge on any atom is -0.485 e. The molecule has 0 N–H and O–H groups in total. The summed E-state index contributed by atoms with van der Waals surface area (Å²) in [4.78, 5) is 23.3. The lowest BCUT2D eigenvalue weighted by molar-refractivity contribution is 0.0443. The maximum Gasteiger partial charge on any atom is 0.254 e. The number of pyridine rings is 1. The highest BCUT2D eigenvalue weighted by Gasteiger charge is 2.32. The van der Waals surface area contributed by atoms with E-state index in [9.17, 15) is 4.79 Å². The Balaban J connectivity index is 1.36. The van der Waals surface area contributed by atoms with E-state index in [-0.39, 0.29) is 12.2 Å². The maximum atomic E-state index is 12.7. The summed E-state index contributed by atoms with van der Waals surface area (Å²) in [6, 6.07) is 13.2. The highest BCUT2D eigenvalue weighted by atomic mass is 16.5. The molecule has 1 aromatic carbocycles. The van der Waals surface area contributed by atoms with Crippen LogP contribution in [0.2, 0.25) is 0 Å². The third-order valence-electron chi connectivity index (χ3n) is 5.43. The Hall–Kier alpha value is -3.43. The van der Waals surface area contributed by atoms with Gasteiger partial charge in [0.2, 0.25) is 0 Å². The topological polar surface area (TPSA) is 60.3 Å². The minimum atomic E-state index is -0.102. The predicted molar refractivity (Wildman–Crippen MR) is 124 cm³/mol. The molecule has 0 saturated carbocycles. The molecular formula is C26H28N4O2. The molecule has 0 spiro atoms. The smallest absolute Gasteiger partial charge is 0.254 e. The van der Waals surface area contributed by atoms with Crippen molar-refractivity contribution in [1.82, 2.24) is 19.4 Å². The quantitative estimate of drug-likeness (QED) is 0.564. The monoisotopic (exact) mass is 428 g/mol. The fourth-order valence-corrected chi connectivity index (χ4v) is 3.94. The van der Waals surface area contributed by atoms with Crippen LogP contribution in [0.3, 0.4) is 0 Å². The molecule has 6 nitrogen and oxygen atoms in total. The summed E-state index contributed by atoms with van der Waals surface area (Å²) in [6.07, 6.45) is 3.33. The average Bonchev–Trinajstić information content (AvgIpc) is 2.75. The molecule has 0 radical (unpaired) electrons. The predicted octanol–water partition coefficient (Wildman–Crippen LogP) is 3.27. The summed E-state index contributed by atoms with van der Waals surface area (Å²) in [7, 11) is 0. The van der Waals surface area contributed by atoms with E-state index in [4.69, 9.17) is 4.74 Å². The number of nitrogens with zero attached hydrogens (tertiary/aromatic N) is 4. The number of aryl methyl sites for hydroxylation is 1. The lowest BCUT2D eigenvalue weighted by Crippen LogP contribution is -2.52. The van der Waals surface area contributed by atoms with Crippen molar-refractivity contribution in [2.75, 3.05) is 19.6 Å². The normalized spacial score (nSPS) is 14.8. The number of likely N-dealkylation sites (tertiary alicyclic amines) is 1. The lowest BCUT2D eigenvalue weighted by Gasteiger charge is -2.44. The van der Waals surface area contributed by atoms with Crippen LogP contribution in [0, 0.1) is 24.2 Å². The van der Waals surface area contributed by atoms with Gasteiger partial charge in [-0.2, -0.15) is 0 Å². The molecule has 164 valence electrons. The van der Waals surface area contributed by atoms with Crippen molar-refractivity contribution in [3.05, 3.63) is 87.9 Å². The van der Waals surface area contributed by atoms with E-state index in [1.165, 1.54) is 6.07 Å². The molecule has 0 aliphatic carbocycles. The molecule has 3 aromatic rings. The van der Waals surface area contributed by atoms with Crippen molar-refractivity contribution in [3.8, 4) is 17.6 Å². The van der Waals surface area contributed by atoms with Crippen LogP contribution in [0.25, 0.3) is 0 Å². The van der Waals surface area contributed by atoms with Crippen LogP contribution < -0.4 is 10.3 Å². The summed E-state index contributed by atoms with van der Waals surface area (Å²) in [5.41, 5.74) is 3.21. The molecule has 0 bridgehead atoms. The standard InChI is InChI=1S/C26H28N4O2/c1-20-14-23(32-17-24-27-11-5-12-28-24)15-25(31)30(20)16-22-9-7-21(8-10-22)6-4-13-29-18-26(2,3)19-29/h5,7-12,14-15H,13,16-19H2,1-3H3. The summed E-state index contributed by atoms with van der Waals surface area (Å²) >= 11 is 0. The third-order valence-corrected chi connectivity index (χ3v) is 5.43. The van der Waals surface area contributed by atoms with Crippen molar-refractivity contribution >= 4 is 0 Å². The minimum absolute atomic E-state index is 0.102. The van der Waals surface area contributed by atoms with Gasteiger partial charge in [-0.3, -0.25) is 9.69 Å². The Morgan fingerprint density at radius 1 is 1.09 bits per heavy atom. The van der Waals surface area contributed by atoms with E-state index >= 15 is 0 Å². The SMILES string of the molecule is Cc1cc(OCc2ncccn2)cc(=O)n1Cc1ccc(C#CCN2CC(C)(C)C2)cc1. The molecule has 32 heavy (non-hydrogen) atoms. The molecule has 6 heteroatoms. The van der Waals surface area contributed by atoms with Gasteiger partial charge in [-0.1, -0.05) is 37.8 Å². The zero-order valence-electron chi connectivity index (χ0n) is 18.8. The van der Waals surface area contributed by atoms with Crippen LogP contribution in [-0.4, -0.2) is 39.1 Å². The van der Waals surface area contributed by atoms with Gasteiger partial charge in [-0.05, 0) is 42.2 Å². The van der Waals surface area contributed by atoms with Crippen molar-refractivity contribution in [1.29, 1.82) is 0 Å². The van der Waals surface area contributed by atoms with E-state index < -0.39 is 0 Å². The Bertz CT molecular complexity index is 1180. The number of aromatic nitrogens is 3. The van der Waals surface area contributed by atoms with E-state index in [2.05, 4.69) is 40.6 Å². The van der Waals surface area contributed by atoms with Crippen molar-refractivity contribution < 1.29 is 4.74 Å². The zero-order valence-corrected chi connectivity index (χ0v) is 18.8. The van der Waals surface area contributed by atoms with Crippen molar-refractivity contribution in [2.45, 2.75) is 33.9 Å². The summed E-state index contributed by atoms with van der Waals surface area (Å²) < 4.78 is 7.43. The lowest BCUT2D eigenvalue weighted by atomic mass is 9.84. The first-order chi connectivity index (χ1) is 15.4. The van der Waals surface area contributed by atoms with Crippen LogP contribution in [-0.2, 0) is 13.2 Å². The highest BCUT2D eigenvalue weighted by molar-refractivity contribution is 5.37. The van der Waals surface area contributed by atoms with Gasteiger partial charge >= 0.3 is 0 Å². The number of benzene rings is 1. The van der Waals surface area contributed by atoms with Gasteiger partial charge in [0.1, 0.15) is 12.4 Å². The molecule has 1 aliphatic rings. The first-order valence-corrected chi connectivity index (χ1v) is 10.8. The van der Waals surface area contributed by atoms with E-state index in [0.29, 0.717) is 23.5 Å². The van der Waals surface area contributed by atoms with Crippen LogP contribution in [0.15, 0.2) is 59.7 Å². The fourth-order valence-electron chi connectivity index (χ4n) is 3.94. The largest absolute Gasteiger partial charge is 0.485 e. The second-order valence-corrected chi connectivity index (χ2v) is 9.02. The van der Waals surface area contributed by atoms with E-state index in [1.54, 1.807) is 23.0 Å². The molecule has 1 aliphatic heterocycles. The number of ether oxygens (including phenoxy) is 1. The summed E-state index contributed by atoms with van der Waals surface area (Å²) in [5.74, 6) is 7.59. The Kier molecular flexibility index (Phi) is 6.38. The van der Waals surface area contributed by atoms with E-state index in [1.807, 2.05) is 37.3 Å². The summed E-state index contributed by atoms with van der Waals surface area (Å²) in [5, 5.41) is 0.